The molecule has 1 fully saturated rings. The molecule has 10 nitrogen and oxygen atoms in total. The predicted molar refractivity (Wildman–Crippen MR) is 85.5 cm³/mol. The summed E-state index contributed by atoms with van der Waals surface area (Å²) < 4.78 is 39.3. The summed E-state index contributed by atoms with van der Waals surface area (Å²) in [7, 11) is -4.78. The maximum atomic E-state index is 10.7. The molecule has 1 rings (SSSR count). The molecule has 1 heterocycles. The van der Waals surface area contributed by atoms with Crippen LogP contribution in [-0.4, -0.2) is 74.9 Å². The first-order valence-corrected chi connectivity index (χ1v) is 9.53. The van der Waals surface area contributed by atoms with Gasteiger partial charge in [-0.05, 0) is 5.92 Å². The molecule has 6 atom stereocenters. The van der Waals surface area contributed by atoms with Gasteiger partial charge in [0.1, 0.15) is 34.9 Å². The second kappa shape index (κ2) is 9.29. The molecule has 0 spiro atoms. The highest BCUT2D eigenvalue weighted by Gasteiger charge is 2.44. The number of aliphatic hydroxyl groups is 4. The Bertz CT molecular complexity index is 525. The third-order valence-corrected chi connectivity index (χ3v) is 4.95. The van der Waals surface area contributed by atoms with E-state index in [9.17, 15) is 23.7 Å². The fourth-order valence-corrected chi connectivity index (χ4v) is 3.40. The summed E-state index contributed by atoms with van der Waals surface area (Å²) in [5, 5.41) is 42.1. The smallest absolute Gasteiger partial charge is 0.394 e. The standard InChI is InChI=1S/C12H23NO9S2/c1-3-6(2)4-8(13-22-24(18,19)20)23-12-11(17)10(16)9(15)7(5-14)21-12/h6-7,9-12,14-17H,3-5H2,1-2H3,(H,18,19,20)/b13-8-/t6-,7+,9+,10+,11-,12-/m1/s1. The van der Waals surface area contributed by atoms with Gasteiger partial charge in [0, 0.05) is 6.42 Å². The molecule has 0 unspecified atom stereocenters. The van der Waals surface area contributed by atoms with Gasteiger partial charge < -0.3 is 25.2 Å². The summed E-state index contributed by atoms with van der Waals surface area (Å²) >= 11 is 0.778. The number of hydrogen-bond acceptors (Lipinski definition) is 10. The minimum atomic E-state index is -4.78. The van der Waals surface area contributed by atoms with E-state index in [0.717, 1.165) is 18.2 Å². The van der Waals surface area contributed by atoms with Gasteiger partial charge in [-0.1, -0.05) is 37.2 Å². The fraction of sp³-hybridized carbons (Fsp3) is 0.917. The Hall–Kier alpha value is -0.470. The average Bonchev–Trinajstić information content (AvgIpc) is 2.52. The molecular weight excluding hydrogens is 366 g/mol. The predicted octanol–water partition coefficient (Wildman–Crippen LogP) is -0.911. The summed E-state index contributed by atoms with van der Waals surface area (Å²) in [5.74, 6) is 0.0890. The lowest BCUT2D eigenvalue weighted by Crippen LogP contribution is -2.57. The average molecular weight is 389 g/mol. The van der Waals surface area contributed by atoms with Gasteiger partial charge >= 0.3 is 10.4 Å². The van der Waals surface area contributed by atoms with Crippen molar-refractivity contribution in [1.29, 1.82) is 0 Å². The van der Waals surface area contributed by atoms with Gasteiger partial charge in [0.25, 0.3) is 0 Å². The van der Waals surface area contributed by atoms with Crippen molar-refractivity contribution in [3.8, 4) is 0 Å². The Morgan fingerprint density at radius 1 is 1.29 bits per heavy atom. The van der Waals surface area contributed by atoms with Crippen LogP contribution in [0.5, 0.6) is 0 Å². The largest absolute Gasteiger partial charge is 0.466 e. The number of aliphatic hydroxyl groups excluding tert-OH is 4. The Morgan fingerprint density at radius 2 is 1.92 bits per heavy atom. The maximum absolute atomic E-state index is 10.7. The number of nitrogens with zero attached hydrogens (tertiary/aromatic N) is 1. The van der Waals surface area contributed by atoms with Gasteiger partial charge in [-0.3, -0.25) is 4.55 Å². The van der Waals surface area contributed by atoms with Crippen LogP contribution in [0, 0.1) is 5.92 Å². The highest BCUT2D eigenvalue weighted by atomic mass is 32.3. The Morgan fingerprint density at radius 3 is 2.42 bits per heavy atom. The van der Waals surface area contributed by atoms with Crippen LogP contribution in [-0.2, 0) is 19.4 Å². The SMILES string of the molecule is CC[C@@H](C)C/C(=N/OS(=O)(=O)O)S[C@H]1O[C@@H](CO)[C@H](O)[C@H](O)[C@H]1O. The molecule has 0 aliphatic carbocycles. The third-order valence-electron chi connectivity index (χ3n) is 3.55. The number of ether oxygens (including phenoxy) is 1. The number of thioether (sulfide) groups is 1. The molecule has 142 valence electrons. The second-order valence-electron chi connectivity index (χ2n) is 5.52. The van der Waals surface area contributed by atoms with Gasteiger partial charge in [0.2, 0.25) is 0 Å². The molecule has 0 aromatic carbocycles. The lowest BCUT2D eigenvalue weighted by atomic mass is 10.0. The molecule has 1 aliphatic rings. The van der Waals surface area contributed by atoms with Gasteiger partial charge in [-0.2, -0.15) is 8.42 Å². The molecule has 0 aromatic rings. The van der Waals surface area contributed by atoms with Gasteiger partial charge in [-0.15, -0.1) is 0 Å². The first kappa shape index (κ1) is 21.6. The van der Waals surface area contributed by atoms with Crippen molar-refractivity contribution in [2.24, 2.45) is 11.1 Å². The highest BCUT2D eigenvalue weighted by Crippen LogP contribution is 2.31. The summed E-state index contributed by atoms with van der Waals surface area (Å²) in [6, 6.07) is 0. The zero-order chi connectivity index (χ0) is 18.5. The minimum Gasteiger partial charge on any atom is -0.394 e. The van der Waals surface area contributed by atoms with E-state index in [4.69, 9.17) is 14.4 Å². The van der Waals surface area contributed by atoms with Crippen molar-refractivity contribution < 1.29 is 42.4 Å². The topological polar surface area (TPSA) is 166 Å². The van der Waals surface area contributed by atoms with E-state index in [1.54, 1.807) is 0 Å². The molecule has 0 bridgehead atoms. The first-order chi connectivity index (χ1) is 11.1. The summed E-state index contributed by atoms with van der Waals surface area (Å²) in [4.78, 5) is 0. The van der Waals surface area contributed by atoms with Crippen molar-refractivity contribution in [2.45, 2.75) is 56.5 Å². The van der Waals surface area contributed by atoms with E-state index >= 15 is 0 Å². The van der Waals surface area contributed by atoms with E-state index < -0.39 is 46.9 Å². The Balaban J connectivity index is 2.91. The van der Waals surface area contributed by atoms with Crippen LogP contribution >= 0.6 is 11.8 Å². The fourth-order valence-electron chi connectivity index (χ4n) is 1.94. The number of oxime groups is 1. The van der Waals surface area contributed by atoms with E-state index in [-0.39, 0.29) is 17.4 Å². The van der Waals surface area contributed by atoms with E-state index in [2.05, 4.69) is 9.44 Å². The van der Waals surface area contributed by atoms with Crippen molar-refractivity contribution >= 4 is 27.2 Å². The second-order valence-corrected chi connectivity index (χ2v) is 7.70. The zero-order valence-electron chi connectivity index (χ0n) is 13.2. The van der Waals surface area contributed by atoms with Crippen LogP contribution in [0.15, 0.2) is 5.16 Å². The van der Waals surface area contributed by atoms with Crippen LogP contribution in [0.3, 0.4) is 0 Å². The molecule has 24 heavy (non-hydrogen) atoms. The molecule has 1 aliphatic heterocycles. The van der Waals surface area contributed by atoms with Gasteiger partial charge in [0.05, 0.1) is 6.61 Å². The van der Waals surface area contributed by atoms with Gasteiger partial charge in [-0.25, -0.2) is 4.28 Å². The molecule has 1 saturated heterocycles. The minimum absolute atomic E-state index is 0.0890. The van der Waals surface area contributed by atoms with E-state index in [1.165, 1.54) is 0 Å². The molecule has 0 aromatic heterocycles. The molecule has 0 amide bonds. The maximum Gasteiger partial charge on any atom is 0.466 e. The summed E-state index contributed by atoms with van der Waals surface area (Å²) in [5.41, 5.74) is -1.12. The number of rotatable bonds is 7. The third kappa shape index (κ3) is 6.44. The van der Waals surface area contributed by atoms with Crippen LogP contribution in [0.1, 0.15) is 26.7 Å². The summed E-state index contributed by atoms with van der Waals surface area (Å²) in [6.45, 7) is 3.20. The lowest BCUT2D eigenvalue weighted by Gasteiger charge is -2.39. The number of hydrogen-bond donors (Lipinski definition) is 5. The zero-order valence-corrected chi connectivity index (χ0v) is 14.9. The quantitative estimate of drug-likeness (QED) is 0.159. The van der Waals surface area contributed by atoms with E-state index in [1.807, 2.05) is 13.8 Å². The van der Waals surface area contributed by atoms with Gasteiger partial charge in [0.15, 0.2) is 0 Å². The van der Waals surface area contributed by atoms with Crippen molar-refractivity contribution in [3.05, 3.63) is 0 Å². The van der Waals surface area contributed by atoms with Crippen molar-refractivity contribution in [2.75, 3.05) is 6.61 Å². The van der Waals surface area contributed by atoms with Crippen molar-refractivity contribution in [3.63, 3.8) is 0 Å². The normalized spacial score (nSPS) is 33.3. The Kier molecular flexibility index (Phi) is 8.35. The van der Waals surface area contributed by atoms with Crippen LogP contribution in [0.4, 0.5) is 0 Å². The Labute approximate surface area is 144 Å². The molecule has 12 heteroatoms. The van der Waals surface area contributed by atoms with Crippen molar-refractivity contribution in [1.82, 2.24) is 0 Å². The van der Waals surface area contributed by atoms with Crippen LogP contribution in [0.25, 0.3) is 0 Å². The first-order valence-electron chi connectivity index (χ1n) is 7.29. The van der Waals surface area contributed by atoms with Crippen LogP contribution in [0.2, 0.25) is 0 Å². The lowest BCUT2D eigenvalue weighted by molar-refractivity contribution is -0.205. The molecular formula is C12H23NO9S2. The molecule has 0 saturated carbocycles. The van der Waals surface area contributed by atoms with Crippen LogP contribution < -0.4 is 0 Å². The van der Waals surface area contributed by atoms with E-state index in [0.29, 0.717) is 0 Å². The monoisotopic (exact) mass is 389 g/mol. The molecule has 0 radical (unpaired) electrons. The molecule has 5 N–H and O–H groups in total. The summed E-state index contributed by atoms with van der Waals surface area (Å²) in [6.07, 6.45) is -4.62. The highest BCUT2D eigenvalue weighted by molar-refractivity contribution is 8.14.